The summed E-state index contributed by atoms with van der Waals surface area (Å²) in [6.45, 7) is 4.69. The fourth-order valence-corrected chi connectivity index (χ4v) is 9.36. The molecule has 1 aliphatic carbocycles. The summed E-state index contributed by atoms with van der Waals surface area (Å²) >= 11 is 0. The molecule has 8 aromatic carbocycles. The molecule has 0 bridgehead atoms. The Kier molecular flexibility index (Phi) is 6.09. The SMILES string of the molecule is CC1(C)c2ccccc2-c2ccc(-c3cc4c5ccccc5oc4c4c3c3ccccc3n4-c3nc(-c4ccc5ccccc5c4)c4ccccc4n3)cc21. The largest absolute Gasteiger partial charge is 0.454 e. The number of para-hydroxylation sites is 3. The Balaban J connectivity index is 1.21. The Labute approximate surface area is 316 Å². The Hall–Kier alpha value is -7.04. The first-order valence-electron chi connectivity index (χ1n) is 18.9. The van der Waals surface area contributed by atoms with Crippen LogP contribution in [-0.2, 0) is 5.41 Å². The average molecular weight is 704 g/mol. The molecule has 258 valence electrons. The molecule has 0 radical (unpaired) electrons. The minimum absolute atomic E-state index is 0.125. The molecule has 0 N–H and O–H groups in total. The molecule has 3 heterocycles. The number of rotatable bonds is 3. The highest BCUT2D eigenvalue weighted by Crippen LogP contribution is 2.51. The lowest BCUT2D eigenvalue weighted by atomic mass is 9.81. The maximum Gasteiger partial charge on any atom is 0.235 e. The van der Waals surface area contributed by atoms with Gasteiger partial charge in [0, 0.05) is 37.9 Å². The minimum atomic E-state index is -0.125. The van der Waals surface area contributed by atoms with Gasteiger partial charge in [0.15, 0.2) is 5.58 Å². The number of benzene rings is 8. The Morgan fingerprint density at radius 1 is 0.509 bits per heavy atom. The van der Waals surface area contributed by atoms with Crippen LogP contribution < -0.4 is 0 Å². The first-order valence-corrected chi connectivity index (χ1v) is 18.9. The summed E-state index contributed by atoms with van der Waals surface area (Å²) in [5.74, 6) is 0.609. The summed E-state index contributed by atoms with van der Waals surface area (Å²) in [5.41, 5.74) is 14.1. The lowest BCUT2D eigenvalue weighted by Gasteiger charge is -2.22. The van der Waals surface area contributed by atoms with Gasteiger partial charge >= 0.3 is 0 Å². The molecule has 0 aliphatic heterocycles. The van der Waals surface area contributed by atoms with Gasteiger partial charge < -0.3 is 4.42 Å². The second-order valence-electron chi connectivity index (χ2n) is 15.4. The van der Waals surface area contributed by atoms with Gasteiger partial charge in [-0.15, -0.1) is 0 Å². The lowest BCUT2D eigenvalue weighted by molar-refractivity contribution is 0.660. The van der Waals surface area contributed by atoms with Crippen LogP contribution in [0.15, 0.2) is 168 Å². The van der Waals surface area contributed by atoms with Crippen LogP contribution in [0.25, 0.3) is 105 Å². The maximum atomic E-state index is 6.87. The van der Waals surface area contributed by atoms with E-state index in [1.807, 2.05) is 6.07 Å². The molecule has 0 saturated carbocycles. The molecule has 4 nitrogen and oxygen atoms in total. The van der Waals surface area contributed by atoms with Crippen LogP contribution in [0.2, 0.25) is 0 Å². The van der Waals surface area contributed by atoms with Gasteiger partial charge in [-0.1, -0.05) is 141 Å². The van der Waals surface area contributed by atoms with Crippen molar-refractivity contribution < 1.29 is 4.42 Å². The lowest BCUT2D eigenvalue weighted by Crippen LogP contribution is -2.14. The number of nitrogens with zero attached hydrogens (tertiary/aromatic N) is 3. The molecule has 0 fully saturated rings. The van der Waals surface area contributed by atoms with Crippen LogP contribution in [0.4, 0.5) is 0 Å². The molecule has 3 aromatic heterocycles. The summed E-state index contributed by atoms with van der Waals surface area (Å²) in [6.07, 6.45) is 0. The van der Waals surface area contributed by atoms with E-state index in [1.54, 1.807) is 0 Å². The Morgan fingerprint density at radius 2 is 1.22 bits per heavy atom. The normalized spacial score (nSPS) is 13.4. The predicted molar refractivity (Wildman–Crippen MR) is 227 cm³/mol. The molecule has 12 rings (SSSR count). The van der Waals surface area contributed by atoms with Crippen molar-refractivity contribution in [2.24, 2.45) is 0 Å². The topological polar surface area (TPSA) is 43.9 Å². The summed E-state index contributed by atoms with van der Waals surface area (Å²) in [6, 6.07) is 58.7. The molecule has 0 amide bonds. The third kappa shape index (κ3) is 4.22. The summed E-state index contributed by atoms with van der Waals surface area (Å²) in [7, 11) is 0. The van der Waals surface area contributed by atoms with Crippen molar-refractivity contribution in [2.45, 2.75) is 19.3 Å². The van der Waals surface area contributed by atoms with Gasteiger partial charge in [0.1, 0.15) is 11.1 Å². The van der Waals surface area contributed by atoms with Gasteiger partial charge in [0.05, 0.1) is 16.7 Å². The summed E-state index contributed by atoms with van der Waals surface area (Å²) in [5, 5.41) is 7.80. The minimum Gasteiger partial charge on any atom is -0.454 e. The van der Waals surface area contributed by atoms with E-state index in [2.05, 4.69) is 176 Å². The number of hydrogen-bond donors (Lipinski definition) is 0. The first kappa shape index (κ1) is 30.4. The van der Waals surface area contributed by atoms with Crippen LogP contribution in [0.3, 0.4) is 0 Å². The molecule has 4 heteroatoms. The molecule has 55 heavy (non-hydrogen) atoms. The monoisotopic (exact) mass is 703 g/mol. The molecular formula is C51H33N3O. The van der Waals surface area contributed by atoms with Crippen LogP contribution in [0.1, 0.15) is 25.0 Å². The number of aromatic nitrogens is 3. The fourth-order valence-electron chi connectivity index (χ4n) is 9.36. The first-order chi connectivity index (χ1) is 27.0. The van der Waals surface area contributed by atoms with Gasteiger partial charge in [-0.05, 0) is 80.6 Å². The Morgan fingerprint density at radius 3 is 2.13 bits per heavy atom. The van der Waals surface area contributed by atoms with Crippen LogP contribution >= 0.6 is 0 Å². The van der Waals surface area contributed by atoms with Crippen molar-refractivity contribution in [2.75, 3.05) is 0 Å². The van der Waals surface area contributed by atoms with E-state index in [4.69, 9.17) is 14.4 Å². The number of hydrogen-bond acceptors (Lipinski definition) is 3. The smallest absolute Gasteiger partial charge is 0.235 e. The molecule has 1 aliphatic rings. The molecule has 0 unspecified atom stereocenters. The molecular weight excluding hydrogens is 671 g/mol. The van der Waals surface area contributed by atoms with E-state index in [0.717, 1.165) is 71.5 Å². The number of furan rings is 1. The average Bonchev–Trinajstić information content (AvgIpc) is 3.86. The van der Waals surface area contributed by atoms with Gasteiger partial charge in [0.25, 0.3) is 0 Å². The van der Waals surface area contributed by atoms with Crippen molar-refractivity contribution >= 4 is 65.4 Å². The van der Waals surface area contributed by atoms with Crippen LogP contribution in [0.5, 0.6) is 0 Å². The molecule has 0 spiro atoms. The second kappa shape index (κ2) is 11.0. The van der Waals surface area contributed by atoms with Gasteiger partial charge in [-0.2, -0.15) is 0 Å². The van der Waals surface area contributed by atoms with Crippen molar-refractivity contribution in [3.05, 3.63) is 175 Å². The van der Waals surface area contributed by atoms with E-state index in [9.17, 15) is 0 Å². The van der Waals surface area contributed by atoms with Crippen LogP contribution in [0, 0.1) is 0 Å². The van der Waals surface area contributed by atoms with E-state index < -0.39 is 0 Å². The zero-order chi connectivity index (χ0) is 36.4. The van der Waals surface area contributed by atoms with Crippen molar-refractivity contribution in [1.29, 1.82) is 0 Å². The zero-order valence-corrected chi connectivity index (χ0v) is 30.3. The quantitative estimate of drug-likeness (QED) is 0.184. The van der Waals surface area contributed by atoms with Crippen molar-refractivity contribution in [3.8, 4) is 39.5 Å². The molecule has 0 atom stereocenters. The van der Waals surface area contributed by atoms with Gasteiger partial charge in [0.2, 0.25) is 5.95 Å². The van der Waals surface area contributed by atoms with E-state index in [1.165, 1.54) is 38.6 Å². The highest BCUT2D eigenvalue weighted by molar-refractivity contribution is 6.26. The maximum absolute atomic E-state index is 6.87. The van der Waals surface area contributed by atoms with E-state index in [-0.39, 0.29) is 5.41 Å². The second-order valence-corrected chi connectivity index (χ2v) is 15.4. The van der Waals surface area contributed by atoms with Crippen molar-refractivity contribution in [1.82, 2.24) is 14.5 Å². The third-order valence-corrected chi connectivity index (χ3v) is 12.0. The highest BCUT2D eigenvalue weighted by atomic mass is 16.3. The van der Waals surface area contributed by atoms with Gasteiger partial charge in [-0.3, -0.25) is 4.57 Å². The highest BCUT2D eigenvalue weighted by Gasteiger charge is 2.35. The molecule has 0 saturated heterocycles. The van der Waals surface area contributed by atoms with Crippen LogP contribution in [-0.4, -0.2) is 14.5 Å². The fraction of sp³-hybridized carbons (Fsp3) is 0.0588. The summed E-state index contributed by atoms with van der Waals surface area (Å²) < 4.78 is 9.11. The van der Waals surface area contributed by atoms with Gasteiger partial charge in [-0.25, -0.2) is 9.97 Å². The zero-order valence-electron chi connectivity index (χ0n) is 30.3. The Bertz CT molecular complexity index is 3420. The summed E-state index contributed by atoms with van der Waals surface area (Å²) in [4.78, 5) is 10.8. The van der Waals surface area contributed by atoms with E-state index >= 15 is 0 Å². The van der Waals surface area contributed by atoms with Crippen molar-refractivity contribution in [3.63, 3.8) is 0 Å². The predicted octanol–water partition coefficient (Wildman–Crippen LogP) is 13.4. The molecule has 11 aromatic rings. The standard InChI is InChI=1S/C51H33N3O/c1-51(2)41-19-9-5-15-34(41)35-26-25-32(28-42(35)51)39-29-40-36-16-8-12-22-45(36)55-49(40)48-46(39)38-18-7-11-21-44(38)54(48)50-52-43-20-10-6-17-37(43)47(53-50)33-24-23-30-13-3-4-14-31(30)27-33/h3-29H,1-2H3. The third-order valence-electron chi connectivity index (χ3n) is 12.0. The van der Waals surface area contributed by atoms with E-state index in [0.29, 0.717) is 5.95 Å². The number of fused-ring (bicyclic) bond motifs is 12.